The molecule has 0 aliphatic carbocycles. The summed E-state index contributed by atoms with van der Waals surface area (Å²) >= 11 is 0. The number of hydrogen-bond acceptors (Lipinski definition) is 3. The van der Waals surface area contributed by atoms with Crippen molar-refractivity contribution in [2.24, 2.45) is 0 Å². The summed E-state index contributed by atoms with van der Waals surface area (Å²) in [7, 11) is 0. The van der Waals surface area contributed by atoms with Crippen molar-refractivity contribution in [2.75, 3.05) is 13.2 Å². The summed E-state index contributed by atoms with van der Waals surface area (Å²) in [6.45, 7) is 4.52. The van der Waals surface area contributed by atoms with Crippen LogP contribution in [0.2, 0.25) is 0 Å². The summed E-state index contributed by atoms with van der Waals surface area (Å²) in [6, 6.07) is 0. The maximum Gasteiger partial charge on any atom is 0.100 e. The monoisotopic (exact) mass is 412 g/mol. The molecule has 0 aromatic heterocycles. The van der Waals surface area contributed by atoms with Gasteiger partial charge in [0.1, 0.15) is 6.10 Å². The second-order valence-corrected chi connectivity index (χ2v) is 8.66. The van der Waals surface area contributed by atoms with Crippen LogP contribution in [-0.4, -0.2) is 35.6 Å². The van der Waals surface area contributed by atoms with Gasteiger partial charge in [-0.25, -0.2) is 0 Å². The third-order valence-electron chi connectivity index (χ3n) is 5.65. The van der Waals surface area contributed by atoms with Gasteiger partial charge in [0.05, 0.1) is 19.3 Å². The number of hydrogen-bond donors (Lipinski definition) is 2. The molecule has 0 amide bonds. The number of aliphatic hydroxyl groups excluding tert-OH is 2. The molecule has 0 aliphatic rings. The molecule has 0 radical (unpaired) electrons. The lowest BCUT2D eigenvalue weighted by Gasteiger charge is -2.19. The minimum atomic E-state index is -0.737. The van der Waals surface area contributed by atoms with Crippen LogP contribution in [0.3, 0.4) is 0 Å². The van der Waals surface area contributed by atoms with Crippen molar-refractivity contribution in [2.45, 2.75) is 142 Å². The van der Waals surface area contributed by atoms with Gasteiger partial charge in [0.25, 0.3) is 0 Å². The fraction of sp³-hybridized carbons (Fsp3) is 0.923. The molecule has 29 heavy (non-hydrogen) atoms. The standard InChI is InChI=1S/C26H52O3/c1-3-5-7-8-9-10-11-12-13-14-15-16-17-18-19-20-22-26(21-6-4-2)29-24-25(28)23-27/h12-13,25-28H,3-11,14-24H2,1-2H3/b13-12-. The van der Waals surface area contributed by atoms with Crippen LogP contribution in [0.15, 0.2) is 12.2 Å². The zero-order valence-electron chi connectivity index (χ0n) is 19.8. The van der Waals surface area contributed by atoms with E-state index in [1.165, 1.54) is 103 Å². The first kappa shape index (κ1) is 28.6. The molecular weight excluding hydrogens is 360 g/mol. The quantitative estimate of drug-likeness (QED) is 0.136. The van der Waals surface area contributed by atoms with Crippen molar-refractivity contribution >= 4 is 0 Å². The molecule has 0 fully saturated rings. The van der Waals surface area contributed by atoms with Gasteiger partial charge in [0, 0.05) is 0 Å². The van der Waals surface area contributed by atoms with Crippen LogP contribution in [0.1, 0.15) is 129 Å². The van der Waals surface area contributed by atoms with Crippen molar-refractivity contribution in [1.29, 1.82) is 0 Å². The Balaban J connectivity index is 3.47. The molecule has 0 bridgehead atoms. The molecule has 0 rings (SSSR count). The summed E-state index contributed by atoms with van der Waals surface area (Å²) in [4.78, 5) is 0. The molecule has 0 saturated carbocycles. The topological polar surface area (TPSA) is 49.7 Å². The first-order valence-corrected chi connectivity index (χ1v) is 12.8. The van der Waals surface area contributed by atoms with Gasteiger partial charge in [-0.15, -0.1) is 0 Å². The van der Waals surface area contributed by atoms with Gasteiger partial charge in [-0.3, -0.25) is 0 Å². The summed E-state index contributed by atoms with van der Waals surface area (Å²) in [5.41, 5.74) is 0. The highest BCUT2D eigenvalue weighted by molar-refractivity contribution is 4.81. The molecule has 0 aromatic rings. The largest absolute Gasteiger partial charge is 0.394 e. The van der Waals surface area contributed by atoms with E-state index in [1.54, 1.807) is 0 Å². The Kier molecular flexibility index (Phi) is 23.6. The molecule has 3 nitrogen and oxygen atoms in total. The highest BCUT2D eigenvalue weighted by Crippen LogP contribution is 2.16. The molecule has 0 saturated heterocycles. The van der Waals surface area contributed by atoms with E-state index in [-0.39, 0.29) is 19.3 Å². The van der Waals surface area contributed by atoms with Crippen LogP contribution in [0.25, 0.3) is 0 Å². The molecule has 2 unspecified atom stereocenters. The van der Waals surface area contributed by atoms with E-state index >= 15 is 0 Å². The third kappa shape index (κ3) is 22.1. The average molecular weight is 413 g/mol. The molecule has 0 heterocycles. The lowest BCUT2D eigenvalue weighted by Crippen LogP contribution is -2.24. The van der Waals surface area contributed by atoms with E-state index in [2.05, 4.69) is 26.0 Å². The van der Waals surface area contributed by atoms with Gasteiger partial charge in [0.2, 0.25) is 0 Å². The van der Waals surface area contributed by atoms with E-state index < -0.39 is 6.10 Å². The fourth-order valence-electron chi connectivity index (χ4n) is 3.66. The highest BCUT2D eigenvalue weighted by Gasteiger charge is 2.11. The highest BCUT2D eigenvalue weighted by atomic mass is 16.5. The van der Waals surface area contributed by atoms with Gasteiger partial charge >= 0.3 is 0 Å². The predicted molar refractivity (Wildman–Crippen MR) is 126 cm³/mol. The molecule has 174 valence electrons. The predicted octanol–water partition coefficient (Wildman–Crippen LogP) is 7.34. The Bertz CT molecular complexity index is 330. The number of allylic oxidation sites excluding steroid dienone is 2. The number of unbranched alkanes of at least 4 members (excludes halogenated alkanes) is 13. The zero-order chi connectivity index (χ0) is 21.4. The first-order valence-electron chi connectivity index (χ1n) is 12.8. The Hall–Kier alpha value is -0.380. The van der Waals surface area contributed by atoms with E-state index in [1.807, 2.05) is 0 Å². The molecule has 3 heteroatoms. The Labute approximate surface area is 182 Å². The van der Waals surface area contributed by atoms with Crippen LogP contribution in [0.5, 0.6) is 0 Å². The van der Waals surface area contributed by atoms with Gasteiger partial charge in [-0.05, 0) is 38.5 Å². The zero-order valence-corrected chi connectivity index (χ0v) is 19.8. The Morgan fingerprint density at radius 2 is 1.14 bits per heavy atom. The minimum absolute atomic E-state index is 0.214. The number of ether oxygens (including phenoxy) is 1. The SMILES string of the molecule is CCCCCCCC/C=C\CCCCCCCCC(CCCC)OCC(O)CO. The third-order valence-corrected chi connectivity index (χ3v) is 5.65. The van der Waals surface area contributed by atoms with Crippen LogP contribution < -0.4 is 0 Å². The van der Waals surface area contributed by atoms with Crippen molar-refractivity contribution < 1.29 is 14.9 Å². The first-order chi connectivity index (χ1) is 14.2. The normalized spacial score (nSPS) is 13.9. The average Bonchev–Trinajstić information content (AvgIpc) is 2.74. The summed E-state index contributed by atoms with van der Waals surface area (Å²) in [5, 5.41) is 18.4. The van der Waals surface area contributed by atoms with E-state index in [0.717, 1.165) is 12.8 Å². The van der Waals surface area contributed by atoms with Crippen LogP contribution in [0, 0.1) is 0 Å². The van der Waals surface area contributed by atoms with Gasteiger partial charge in [0.15, 0.2) is 0 Å². The van der Waals surface area contributed by atoms with E-state index in [9.17, 15) is 5.11 Å². The Morgan fingerprint density at radius 1 is 0.655 bits per heavy atom. The van der Waals surface area contributed by atoms with E-state index in [4.69, 9.17) is 9.84 Å². The van der Waals surface area contributed by atoms with Gasteiger partial charge in [-0.1, -0.05) is 103 Å². The van der Waals surface area contributed by atoms with Crippen molar-refractivity contribution in [1.82, 2.24) is 0 Å². The molecular formula is C26H52O3. The molecule has 2 atom stereocenters. The number of aliphatic hydroxyl groups is 2. The lowest BCUT2D eigenvalue weighted by molar-refractivity contribution is -0.0349. The maximum atomic E-state index is 9.46. The number of rotatable bonds is 23. The van der Waals surface area contributed by atoms with Crippen molar-refractivity contribution in [3.63, 3.8) is 0 Å². The second-order valence-electron chi connectivity index (χ2n) is 8.66. The summed E-state index contributed by atoms with van der Waals surface area (Å²) in [5.74, 6) is 0. The lowest BCUT2D eigenvalue weighted by atomic mass is 10.0. The maximum absolute atomic E-state index is 9.46. The van der Waals surface area contributed by atoms with Crippen molar-refractivity contribution in [3.05, 3.63) is 12.2 Å². The summed E-state index contributed by atoms with van der Waals surface area (Å²) in [6.07, 6.45) is 27.5. The molecule has 0 aliphatic heterocycles. The smallest absolute Gasteiger partial charge is 0.100 e. The van der Waals surface area contributed by atoms with Gasteiger partial charge < -0.3 is 14.9 Å². The molecule has 0 spiro atoms. The molecule has 0 aromatic carbocycles. The molecule has 2 N–H and O–H groups in total. The van der Waals surface area contributed by atoms with Gasteiger partial charge in [-0.2, -0.15) is 0 Å². The van der Waals surface area contributed by atoms with Crippen LogP contribution >= 0.6 is 0 Å². The van der Waals surface area contributed by atoms with E-state index in [0.29, 0.717) is 0 Å². The fourth-order valence-corrected chi connectivity index (χ4v) is 3.66. The van der Waals surface area contributed by atoms with Crippen LogP contribution in [0.4, 0.5) is 0 Å². The Morgan fingerprint density at radius 3 is 1.69 bits per heavy atom. The van der Waals surface area contributed by atoms with Crippen LogP contribution in [-0.2, 0) is 4.74 Å². The van der Waals surface area contributed by atoms with Crippen molar-refractivity contribution in [3.8, 4) is 0 Å². The summed E-state index contributed by atoms with van der Waals surface area (Å²) < 4.78 is 5.80. The minimum Gasteiger partial charge on any atom is -0.394 e. The second kappa shape index (κ2) is 23.9.